The Morgan fingerprint density at radius 2 is 1.88 bits per heavy atom. The highest BCUT2D eigenvalue weighted by molar-refractivity contribution is 6.30. The minimum atomic E-state index is -0.375. The molecule has 0 saturated carbocycles. The van der Waals surface area contributed by atoms with Crippen molar-refractivity contribution in [1.82, 2.24) is 14.1 Å². The molecule has 7 nitrogen and oxygen atoms in total. The third kappa shape index (κ3) is 3.78. The Kier molecular flexibility index (Phi) is 5.45. The van der Waals surface area contributed by atoms with E-state index in [4.69, 9.17) is 20.8 Å². The van der Waals surface area contributed by atoms with E-state index >= 15 is 0 Å². The largest absolute Gasteiger partial charge is 0.441 e. The van der Waals surface area contributed by atoms with Crippen LogP contribution < -0.4 is 11.2 Å². The van der Waals surface area contributed by atoms with Gasteiger partial charge in [-0.15, -0.1) is 0 Å². The molecule has 1 aliphatic heterocycles. The molecule has 1 fully saturated rings. The van der Waals surface area contributed by atoms with Crippen LogP contribution in [0.5, 0.6) is 0 Å². The third-order valence-corrected chi connectivity index (χ3v) is 6.09. The zero-order chi connectivity index (χ0) is 22.2. The number of halogens is 1. The predicted octanol–water partition coefficient (Wildman–Crippen LogP) is 4.01. The number of aromatic nitrogens is 3. The van der Waals surface area contributed by atoms with E-state index in [0.29, 0.717) is 39.9 Å². The number of aryl methyl sites for hydroxylation is 1. The van der Waals surface area contributed by atoms with E-state index in [-0.39, 0.29) is 30.4 Å². The fraction of sp³-hybridized carbons (Fsp3) is 0.292. The molecule has 0 amide bonds. The second-order valence-electron chi connectivity index (χ2n) is 7.97. The molecular weight excluding hydrogens is 430 g/mol. The molecule has 0 N–H and O–H groups in total. The van der Waals surface area contributed by atoms with Crippen molar-refractivity contribution in [3.63, 3.8) is 0 Å². The standard InChI is InChI=1S/C24H22ClN3O4/c1-15-20(26-22(32-15)16-8-10-17(25)11-9-16)14-27-21-7-3-2-6-19(21)23(29)28(24(27)30)13-18-5-4-12-31-18/h2-3,6-11,18H,4-5,12-14H2,1H3/t18-/m0/s1. The van der Waals surface area contributed by atoms with Crippen LogP contribution >= 0.6 is 11.6 Å². The van der Waals surface area contributed by atoms with Crippen LogP contribution in [0.25, 0.3) is 22.4 Å². The molecule has 3 heterocycles. The molecule has 0 spiro atoms. The Hall–Kier alpha value is -3.16. The fourth-order valence-electron chi connectivity index (χ4n) is 4.12. The summed E-state index contributed by atoms with van der Waals surface area (Å²) in [6.07, 6.45) is 1.65. The Balaban J connectivity index is 1.59. The van der Waals surface area contributed by atoms with Crippen molar-refractivity contribution < 1.29 is 9.15 Å². The Bertz CT molecular complexity index is 1400. The van der Waals surface area contributed by atoms with E-state index in [9.17, 15) is 9.59 Å². The summed E-state index contributed by atoms with van der Waals surface area (Å²) in [5.74, 6) is 1.07. The zero-order valence-electron chi connectivity index (χ0n) is 17.6. The van der Waals surface area contributed by atoms with Gasteiger partial charge in [-0.1, -0.05) is 23.7 Å². The molecule has 8 heteroatoms. The lowest BCUT2D eigenvalue weighted by Crippen LogP contribution is -2.42. The monoisotopic (exact) mass is 451 g/mol. The summed E-state index contributed by atoms with van der Waals surface area (Å²) in [6.45, 7) is 2.91. The van der Waals surface area contributed by atoms with E-state index in [2.05, 4.69) is 4.98 Å². The number of hydrogen-bond acceptors (Lipinski definition) is 5. The number of oxazole rings is 1. The lowest BCUT2D eigenvalue weighted by atomic mass is 10.2. The Morgan fingerprint density at radius 1 is 1.09 bits per heavy atom. The maximum Gasteiger partial charge on any atom is 0.331 e. The summed E-state index contributed by atoms with van der Waals surface area (Å²) >= 11 is 5.98. The van der Waals surface area contributed by atoms with Gasteiger partial charge in [0.25, 0.3) is 5.56 Å². The number of fused-ring (bicyclic) bond motifs is 1. The number of ether oxygens (including phenoxy) is 1. The summed E-state index contributed by atoms with van der Waals surface area (Å²) in [7, 11) is 0. The van der Waals surface area contributed by atoms with E-state index < -0.39 is 0 Å². The minimum Gasteiger partial charge on any atom is -0.441 e. The maximum absolute atomic E-state index is 13.4. The average molecular weight is 452 g/mol. The van der Waals surface area contributed by atoms with Crippen molar-refractivity contribution in [2.24, 2.45) is 0 Å². The molecule has 1 atom stereocenters. The molecule has 2 aromatic carbocycles. The van der Waals surface area contributed by atoms with Crippen LogP contribution in [-0.4, -0.2) is 26.8 Å². The molecular formula is C24H22ClN3O4. The lowest BCUT2D eigenvalue weighted by molar-refractivity contribution is 0.0948. The van der Waals surface area contributed by atoms with Crippen LogP contribution in [0.2, 0.25) is 5.02 Å². The second-order valence-corrected chi connectivity index (χ2v) is 8.40. The molecule has 0 unspecified atom stereocenters. The van der Waals surface area contributed by atoms with Crippen molar-refractivity contribution in [3.8, 4) is 11.5 Å². The molecule has 1 aliphatic rings. The van der Waals surface area contributed by atoms with Crippen LogP contribution in [0.1, 0.15) is 24.3 Å². The molecule has 0 aliphatic carbocycles. The van der Waals surface area contributed by atoms with Gasteiger partial charge >= 0.3 is 5.69 Å². The smallest absolute Gasteiger partial charge is 0.331 e. The SMILES string of the molecule is Cc1oc(-c2ccc(Cl)cc2)nc1Cn1c(=O)n(C[C@@H]2CCCO2)c(=O)c2ccccc21. The number of rotatable bonds is 5. The van der Waals surface area contributed by atoms with Gasteiger partial charge in [0.1, 0.15) is 11.5 Å². The van der Waals surface area contributed by atoms with Gasteiger partial charge in [-0.3, -0.25) is 13.9 Å². The number of hydrogen-bond donors (Lipinski definition) is 0. The number of para-hydroxylation sites is 1. The van der Waals surface area contributed by atoms with E-state index in [1.807, 2.05) is 25.1 Å². The summed E-state index contributed by atoms with van der Waals surface area (Å²) in [6, 6.07) is 14.4. The van der Waals surface area contributed by atoms with Gasteiger partial charge in [0.2, 0.25) is 5.89 Å². The molecule has 0 bridgehead atoms. The van der Waals surface area contributed by atoms with Crippen molar-refractivity contribution in [1.29, 1.82) is 0 Å². The Labute approximate surface area is 188 Å². The van der Waals surface area contributed by atoms with E-state index in [1.54, 1.807) is 34.9 Å². The van der Waals surface area contributed by atoms with Crippen LogP contribution in [-0.2, 0) is 17.8 Å². The van der Waals surface area contributed by atoms with Gasteiger partial charge in [0.05, 0.1) is 30.1 Å². The molecule has 164 valence electrons. The highest BCUT2D eigenvalue weighted by Gasteiger charge is 2.21. The van der Waals surface area contributed by atoms with Crippen LogP contribution in [0.15, 0.2) is 62.5 Å². The zero-order valence-corrected chi connectivity index (χ0v) is 18.3. The molecule has 0 radical (unpaired) electrons. The second kappa shape index (κ2) is 8.41. The van der Waals surface area contributed by atoms with Gasteiger partial charge in [-0.25, -0.2) is 9.78 Å². The molecule has 1 saturated heterocycles. The van der Waals surface area contributed by atoms with E-state index in [1.165, 1.54) is 4.57 Å². The quantitative estimate of drug-likeness (QED) is 0.458. The van der Waals surface area contributed by atoms with Crippen molar-refractivity contribution in [2.75, 3.05) is 6.61 Å². The first-order chi connectivity index (χ1) is 15.5. The van der Waals surface area contributed by atoms with Gasteiger partial charge < -0.3 is 9.15 Å². The minimum absolute atomic E-state index is 0.125. The van der Waals surface area contributed by atoms with Crippen molar-refractivity contribution >= 4 is 22.5 Å². The Morgan fingerprint density at radius 3 is 2.62 bits per heavy atom. The van der Waals surface area contributed by atoms with Gasteiger partial charge in [-0.2, -0.15) is 0 Å². The van der Waals surface area contributed by atoms with E-state index in [0.717, 1.165) is 18.4 Å². The lowest BCUT2D eigenvalue weighted by Gasteiger charge is -2.16. The normalized spacial score (nSPS) is 16.1. The maximum atomic E-state index is 13.4. The highest BCUT2D eigenvalue weighted by atomic mass is 35.5. The molecule has 5 rings (SSSR count). The number of benzene rings is 2. The molecule has 32 heavy (non-hydrogen) atoms. The predicted molar refractivity (Wildman–Crippen MR) is 122 cm³/mol. The van der Waals surface area contributed by atoms with Gasteiger partial charge in [0, 0.05) is 17.2 Å². The molecule has 4 aromatic rings. The summed E-state index contributed by atoms with van der Waals surface area (Å²) < 4.78 is 14.4. The van der Waals surface area contributed by atoms with Crippen molar-refractivity contribution in [3.05, 3.63) is 85.8 Å². The van der Waals surface area contributed by atoms with Gasteiger partial charge in [0.15, 0.2) is 0 Å². The van der Waals surface area contributed by atoms with Crippen LogP contribution in [0, 0.1) is 6.92 Å². The first-order valence-corrected chi connectivity index (χ1v) is 11.0. The third-order valence-electron chi connectivity index (χ3n) is 5.83. The first kappa shape index (κ1) is 20.7. The fourth-order valence-corrected chi connectivity index (χ4v) is 4.24. The topological polar surface area (TPSA) is 79.3 Å². The summed E-state index contributed by atoms with van der Waals surface area (Å²) in [5, 5.41) is 1.12. The first-order valence-electron chi connectivity index (χ1n) is 10.6. The van der Waals surface area contributed by atoms with Crippen LogP contribution in [0.4, 0.5) is 0 Å². The summed E-state index contributed by atoms with van der Waals surface area (Å²) in [4.78, 5) is 31.1. The average Bonchev–Trinajstić information content (AvgIpc) is 3.44. The summed E-state index contributed by atoms with van der Waals surface area (Å²) in [5.41, 5.74) is 1.33. The highest BCUT2D eigenvalue weighted by Crippen LogP contribution is 2.24. The van der Waals surface area contributed by atoms with Gasteiger partial charge in [-0.05, 0) is 56.2 Å². The van der Waals surface area contributed by atoms with Crippen LogP contribution in [0.3, 0.4) is 0 Å². The number of nitrogens with zero attached hydrogens (tertiary/aromatic N) is 3. The molecule has 2 aromatic heterocycles. The van der Waals surface area contributed by atoms with Crippen molar-refractivity contribution in [2.45, 2.75) is 39.0 Å².